The Kier molecular flexibility index (Phi) is 6.21. The van der Waals surface area contributed by atoms with Gasteiger partial charge in [-0.1, -0.05) is 30.3 Å². The molecule has 0 heterocycles. The molecule has 1 aromatic carbocycles. The predicted octanol–water partition coefficient (Wildman–Crippen LogP) is 1.82. The van der Waals surface area contributed by atoms with Gasteiger partial charge in [-0.2, -0.15) is 0 Å². The molecule has 1 rings (SSSR count). The molecule has 0 saturated carbocycles. The zero-order valence-corrected chi connectivity index (χ0v) is 13.0. The molecule has 1 unspecified atom stereocenters. The number of hydrogen-bond acceptors (Lipinski definition) is 2. The number of urea groups is 1. The summed E-state index contributed by atoms with van der Waals surface area (Å²) >= 11 is 0. The van der Waals surface area contributed by atoms with E-state index in [1.54, 1.807) is 13.8 Å². The molecule has 0 saturated heterocycles. The zero-order valence-electron chi connectivity index (χ0n) is 13.0. The molecule has 0 radical (unpaired) electrons. The lowest BCUT2D eigenvalue weighted by Gasteiger charge is -2.22. The normalized spacial score (nSPS) is 12.5. The Balaban J connectivity index is 2.29. The van der Waals surface area contributed by atoms with E-state index in [9.17, 15) is 9.59 Å². The van der Waals surface area contributed by atoms with E-state index < -0.39 is 11.3 Å². The average molecular weight is 291 g/mol. The first-order chi connectivity index (χ1) is 9.81. The first-order valence-electron chi connectivity index (χ1n) is 7.19. The van der Waals surface area contributed by atoms with E-state index in [0.717, 1.165) is 12.8 Å². The number of amides is 3. The summed E-state index contributed by atoms with van der Waals surface area (Å²) in [5.41, 5.74) is 5.77. The molecular formula is C16H25N3O2. The standard InChI is InChI=1S/C16H25N3O2/c1-12(9-10-13-7-5-4-6-8-13)19-15(21)18-11-16(2,3)14(17)20/h4-8,12H,9-11H2,1-3H3,(H2,17,20)(H2,18,19,21). The number of primary amides is 1. The molecule has 116 valence electrons. The van der Waals surface area contributed by atoms with E-state index in [-0.39, 0.29) is 18.6 Å². The summed E-state index contributed by atoms with van der Waals surface area (Å²) in [6, 6.07) is 9.92. The smallest absolute Gasteiger partial charge is 0.315 e. The van der Waals surface area contributed by atoms with Crippen LogP contribution in [0, 0.1) is 5.41 Å². The monoisotopic (exact) mass is 291 g/mol. The van der Waals surface area contributed by atoms with Gasteiger partial charge in [0.2, 0.25) is 5.91 Å². The number of nitrogens with two attached hydrogens (primary N) is 1. The minimum absolute atomic E-state index is 0.0573. The Labute approximate surface area is 126 Å². The second-order valence-electron chi connectivity index (χ2n) is 6.00. The summed E-state index contributed by atoms with van der Waals surface area (Å²) in [6.07, 6.45) is 1.77. The van der Waals surface area contributed by atoms with Gasteiger partial charge in [-0.3, -0.25) is 4.79 Å². The van der Waals surface area contributed by atoms with Crippen LogP contribution in [-0.4, -0.2) is 24.5 Å². The van der Waals surface area contributed by atoms with E-state index in [2.05, 4.69) is 22.8 Å². The van der Waals surface area contributed by atoms with Crippen LogP contribution in [0.5, 0.6) is 0 Å². The van der Waals surface area contributed by atoms with Crippen LogP contribution in [-0.2, 0) is 11.2 Å². The maximum absolute atomic E-state index is 11.8. The number of rotatable bonds is 7. The fourth-order valence-corrected chi connectivity index (χ4v) is 1.76. The Hall–Kier alpha value is -2.04. The van der Waals surface area contributed by atoms with Crippen LogP contribution < -0.4 is 16.4 Å². The van der Waals surface area contributed by atoms with Gasteiger partial charge in [0.25, 0.3) is 0 Å². The van der Waals surface area contributed by atoms with E-state index in [1.165, 1.54) is 5.56 Å². The van der Waals surface area contributed by atoms with Crippen molar-refractivity contribution in [1.82, 2.24) is 10.6 Å². The molecule has 1 atom stereocenters. The second-order valence-corrected chi connectivity index (χ2v) is 6.00. The number of hydrogen-bond donors (Lipinski definition) is 3. The molecule has 3 amide bonds. The highest BCUT2D eigenvalue weighted by atomic mass is 16.2. The molecule has 1 aromatic rings. The number of carbonyl (C=O) groups is 2. The van der Waals surface area contributed by atoms with Gasteiger partial charge < -0.3 is 16.4 Å². The van der Waals surface area contributed by atoms with E-state index in [0.29, 0.717) is 0 Å². The van der Waals surface area contributed by atoms with Crippen LogP contribution in [0.2, 0.25) is 0 Å². The first-order valence-corrected chi connectivity index (χ1v) is 7.19. The van der Waals surface area contributed by atoms with E-state index in [4.69, 9.17) is 5.73 Å². The summed E-state index contributed by atoms with van der Waals surface area (Å²) in [6.45, 7) is 5.59. The summed E-state index contributed by atoms with van der Waals surface area (Å²) < 4.78 is 0. The van der Waals surface area contributed by atoms with Gasteiger partial charge in [-0.05, 0) is 39.2 Å². The van der Waals surface area contributed by atoms with Crippen LogP contribution in [0.3, 0.4) is 0 Å². The lowest BCUT2D eigenvalue weighted by Crippen LogP contribution is -2.47. The maximum atomic E-state index is 11.8. The summed E-state index contributed by atoms with van der Waals surface area (Å²) in [5.74, 6) is -0.431. The van der Waals surface area contributed by atoms with Crippen molar-refractivity contribution in [3.8, 4) is 0 Å². The van der Waals surface area contributed by atoms with Gasteiger partial charge in [-0.15, -0.1) is 0 Å². The molecule has 0 aliphatic heterocycles. The molecule has 0 spiro atoms. The lowest BCUT2D eigenvalue weighted by molar-refractivity contribution is -0.125. The van der Waals surface area contributed by atoms with Gasteiger partial charge in [0.05, 0.1) is 5.41 Å². The average Bonchev–Trinajstić information content (AvgIpc) is 2.44. The fourth-order valence-electron chi connectivity index (χ4n) is 1.76. The van der Waals surface area contributed by atoms with Crippen molar-refractivity contribution in [2.45, 2.75) is 39.7 Å². The highest BCUT2D eigenvalue weighted by molar-refractivity contribution is 5.81. The van der Waals surface area contributed by atoms with Gasteiger partial charge in [-0.25, -0.2) is 4.79 Å². The summed E-state index contributed by atoms with van der Waals surface area (Å²) in [5, 5.41) is 5.54. The van der Waals surface area contributed by atoms with Crippen LogP contribution in [0.1, 0.15) is 32.8 Å². The molecule has 5 nitrogen and oxygen atoms in total. The minimum Gasteiger partial charge on any atom is -0.369 e. The topological polar surface area (TPSA) is 84.2 Å². The largest absolute Gasteiger partial charge is 0.369 e. The Bertz CT molecular complexity index is 472. The van der Waals surface area contributed by atoms with Crippen LogP contribution >= 0.6 is 0 Å². The Morgan fingerprint density at radius 1 is 1.24 bits per heavy atom. The Morgan fingerprint density at radius 3 is 2.43 bits per heavy atom. The van der Waals surface area contributed by atoms with Crippen molar-refractivity contribution in [3.05, 3.63) is 35.9 Å². The first kappa shape index (κ1) is 17.0. The van der Waals surface area contributed by atoms with Crippen LogP contribution in [0.15, 0.2) is 30.3 Å². The van der Waals surface area contributed by atoms with Gasteiger partial charge in [0, 0.05) is 12.6 Å². The number of aryl methyl sites for hydroxylation is 1. The molecule has 0 aliphatic carbocycles. The van der Waals surface area contributed by atoms with Crippen LogP contribution in [0.25, 0.3) is 0 Å². The summed E-state index contributed by atoms with van der Waals surface area (Å²) in [4.78, 5) is 22.9. The Morgan fingerprint density at radius 2 is 1.86 bits per heavy atom. The third kappa shape index (κ3) is 6.29. The van der Waals surface area contributed by atoms with Crippen molar-refractivity contribution in [1.29, 1.82) is 0 Å². The number of nitrogens with one attached hydrogen (secondary N) is 2. The SMILES string of the molecule is CC(CCc1ccccc1)NC(=O)NCC(C)(C)C(N)=O. The second kappa shape index (κ2) is 7.67. The fraction of sp³-hybridized carbons (Fsp3) is 0.500. The molecule has 5 heteroatoms. The molecular weight excluding hydrogens is 266 g/mol. The lowest BCUT2D eigenvalue weighted by atomic mass is 9.93. The third-order valence-electron chi connectivity index (χ3n) is 3.44. The molecule has 4 N–H and O–H groups in total. The molecule has 0 aromatic heterocycles. The molecule has 0 fully saturated rings. The molecule has 21 heavy (non-hydrogen) atoms. The van der Waals surface area contributed by atoms with Gasteiger partial charge in [0.1, 0.15) is 0 Å². The van der Waals surface area contributed by atoms with E-state index in [1.807, 2.05) is 25.1 Å². The highest BCUT2D eigenvalue weighted by Crippen LogP contribution is 2.11. The van der Waals surface area contributed by atoms with Crippen molar-refractivity contribution in [2.75, 3.05) is 6.54 Å². The van der Waals surface area contributed by atoms with Crippen molar-refractivity contribution >= 4 is 11.9 Å². The van der Waals surface area contributed by atoms with Gasteiger partial charge >= 0.3 is 6.03 Å². The highest BCUT2D eigenvalue weighted by Gasteiger charge is 2.25. The minimum atomic E-state index is -0.745. The van der Waals surface area contributed by atoms with Crippen LogP contribution in [0.4, 0.5) is 4.79 Å². The van der Waals surface area contributed by atoms with Gasteiger partial charge in [0.15, 0.2) is 0 Å². The van der Waals surface area contributed by atoms with Crippen molar-refractivity contribution < 1.29 is 9.59 Å². The predicted molar refractivity (Wildman–Crippen MR) is 83.7 cm³/mol. The quantitative estimate of drug-likeness (QED) is 0.716. The van der Waals surface area contributed by atoms with Crippen molar-refractivity contribution in [3.63, 3.8) is 0 Å². The number of carbonyl (C=O) groups excluding carboxylic acids is 2. The van der Waals surface area contributed by atoms with E-state index >= 15 is 0 Å². The third-order valence-corrected chi connectivity index (χ3v) is 3.44. The van der Waals surface area contributed by atoms with Crippen molar-refractivity contribution in [2.24, 2.45) is 11.1 Å². The molecule has 0 bridgehead atoms. The molecule has 0 aliphatic rings. The summed E-state index contributed by atoms with van der Waals surface area (Å²) in [7, 11) is 0. The number of benzene rings is 1. The maximum Gasteiger partial charge on any atom is 0.315 e. The zero-order chi connectivity index (χ0) is 15.9.